The summed E-state index contributed by atoms with van der Waals surface area (Å²) in [6.07, 6.45) is 1.27. The summed E-state index contributed by atoms with van der Waals surface area (Å²) in [6, 6.07) is 24.0. The third kappa shape index (κ3) is 4.57. The molecule has 2 saturated heterocycles. The Morgan fingerprint density at radius 3 is 2.29 bits per heavy atom. The smallest absolute Gasteiger partial charge is 0.324 e. The highest BCUT2D eigenvalue weighted by Crippen LogP contribution is 2.44. The lowest BCUT2D eigenvalue weighted by Crippen LogP contribution is -2.56. The molecule has 0 aromatic heterocycles. The highest BCUT2D eigenvalue weighted by Gasteiger charge is 2.52. The number of nitrogens with one attached hydrogen (secondary N) is 1. The van der Waals surface area contributed by atoms with Crippen LogP contribution in [0.3, 0.4) is 0 Å². The van der Waals surface area contributed by atoms with Crippen LogP contribution >= 0.6 is 0 Å². The second-order valence-electron chi connectivity index (χ2n) is 9.11. The molecule has 8 heteroatoms. The van der Waals surface area contributed by atoms with Crippen LogP contribution in [0.5, 0.6) is 0 Å². The Hall–Kier alpha value is -3.91. The molecule has 2 amide bonds. The van der Waals surface area contributed by atoms with Gasteiger partial charge in [0.25, 0.3) is 5.69 Å². The Labute approximate surface area is 204 Å². The molecule has 3 aromatic carbocycles. The van der Waals surface area contributed by atoms with Crippen molar-refractivity contribution in [3.05, 3.63) is 100 Å². The fraction of sp³-hybridized carbons (Fsp3) is 0.296. The minimum Gasteiger partial charge on any atom is -0.371 e. The number of aryl methyl sites for hydroxylation is 1. The third-order valence-electron chi connectivity index (χ3n) is 6.94. The zero-order chi connectivity index (χ0) is 24.4. The molecule has 180 valence electrons. The van der Waals surface area contributed by atoms with Crippen molar-refractivity contribution in [3.63, 3.8) is 0 Å². The van der Waals surface area contributed by atoms with Crippen molar-refractivity contribution in [2.24, 2.45) is 0 Å². The van der Waals surface area contributed by atoms with Gasteiger partial charge in [0, 0.05) is 49.4 Å². The van der Waals surface area contributed by atoms with Crippen LogP contribution in [-0.2, 0) is 4.74 Å². The van der Waals surface area contributed by atoms with Gasteiger partial charge in [-0.3, -0.25) is 15.0 Å². The Kier molecular flexibility index (Phi) is 6.13. The van der Waals surface area contributed by atoms with Crippen molar-refractivity contribution in [1.82, 2.24) is 4.90 Å². The van der Waals surface area contributed by atoms with Gasteiger partial charge in [0.1, 0.15) is 5.72 Å². The quantitative estimate of drug-likeness (QED) is 0.400. The van der Waals surface area contributed by atoms with E-state index in [1.54, 1.807) is 12.1 Å². The molecule has 2 aliphatic rings. The predicted octanol–water partition coefficient (Wildman–Crippen LogP) is 5.51. The first-order chi connectivity index (χ1) is 16.9. The van der Waals surface area contributed by atoms with Gasteiger partial charge in [-0.05, 0) is 36.8 Å². The summed E-state index contributed by atoms with van der Waals surface area (Å²) >= 11 is 0. The summed E-state index contributed by atoms with van der Waals surface area (Å²) in [5.74, 6) is 0. The van der Waals surface area contributed by atoms with Crippen LogP contribution in [-0.4, -0.2) is 41.3 Å². The Bertz CT molecular complexity index is 1190. The van der Waals surface area contributed by atoms with E-state index < -0.39 is 10.6 Å². The van der Waals surface area contributed by atoms with Gasteiger partial charge in [-0.15, -0.1) is 0 Å². The molecule has 1 spiro atoms. The molecule has 35 heavy (non-hydrogen) atoms. The average molecular weight is 473 g/mol. The molecule has 2 fully saturated rings. The number of nitro groups is 1. The monoisotopic (exact) mass is 472 g/mol. The van der Waals surface area contributed by atoms with Gasteiger partial charge in [-0.2, -0.15) is 0 Å². The molecule has 0 saturated carbocycles. The number of carbonyl (C=O) groups excluding carboxylic acids is 1. The maximum atomic E-state index is 13.7. The van der Waals surface area contributed by atoms with E-state index in [-0.39, 0.29) is 17.8 Å². The van der Waals surface area contributed by atoms with Crippen LogP contribution in [0.25, 0.3) is 0 Å². The normalized spacial score (nSPS) is 19.1. The van der Waals surface area contributed by atoms with E-state index in [0.29, 0.717) is 32.5 Å². The number of ether oxygens (including phenoxy) is 1. The highest BCUT2D eigenvalue weighted by atomic mass is 16.6. The number of anilines is 2. The molecule has 1 atom stereocenters. The Morgan fingerprint density at radius 2 is 1.66 bits per heavy atom. The molecule has 8 nitrogen and oxygen atoms in total. The number of non-ortho nitro benzene ring substituents is 1. The lowest BCUT2D eigenvalue weighted by Gasteiger charge is -2.45. The zero-order valence-corrected chi connectivity index (χ0v) is 19.6. The molecule has 2 heterocycles. The average Bonchev–Trinajstić information content (AvgIpc) is 3.25. The first-order valence-corrected chi connectivity index (χ1v) is 11.8. The number of piperidine rings is 1. The number of nitrogens with zero attached hydrogens (tertiary/aromatic N) is 3. The molecule has 0 bridgehead atoms. The summed E-state index contributed by atoms with van der Waals surface area (Å²) in [7, 11) is 0. The molecule has 2 aliphatic heterocycles. The van der Waals surface area contributed by atoms with Crippen LogP contribution in [0, 0.1) is 17.0 Å². The van der Waals surface area contributed by atoms with Gasteiger partial charge < -0.3 is 15.0 Å². The van der Waals surface area contributed by atoms with Gasteiger partial charge >= 0.3 is 6.03 Å². The van der Waals surface area contributed by atoms with E-state index in [1.807, 2.05) is 66.4 Å². The second kappa shape index (κ2) is 9.38. The zero-order valence-electron chi connectivity index (χ0n) is 19.6. The van der Waals surface area contributed by atoms with Crippen molar-refractivity contribution in [2.45, 2.75) is 31.5 Å². The summed E-state index contributed by atoms with van der Waals surface area (Å²) in [5, 5.41) is 14.1. The fourth-order valence-corrected chi connectivity index (χ4v) is 5.01. The van der Waals surface area contributed by atoms with E-state index in [0.717, 1.165) is 22.5 Å². The van der Waals surface area contributed by atoms with Gasteiger partial charge in [-0.1, -0.05) is 48.0 Å². The van der Waals surface area contributed by atoms with E-state index in [1.165, 1.54) is 12.1 Å². The maximum absolute atomic E-state index is 13.7. The summed E-state index contributed by atoms with van der Waals surface area (Å²) in [6.45, 7) is 3.79. The predicted molar refractivity (Wildman–Crippen MR) is 134 cm³/mol. The SMILES string of the molecule is Cc1ccc(NC(=O)N2[C@@H](c3ccccc3)COC23CCN(c2ccc([N+](=O)[O-])cc2)CC3)cc1. The lowest BCUT2D eigenvalue weighted by atomic mass is 9.96. The topological polar surface area (TPSA) is 88.0 Å². The van der Waals surface area contributed by atoms with Crippen molar-refractivity contribution in [2.75, 3.05) is 29.9 Å². The summed E-state index contributed by atoms with van der Waals surface area (Å²) < 4.78 is 6.42. The Morgan fingerprint density at radius 1 is 1.00 bits per heavy atom. The molecule has 0 unspecified atom stereocenters. The van der Waals surface area contributed by atoms with Gasteiger partial charge in [0.15, 0.2) is 0 Å². The standard InChI is InChI=1S/C27H28N4O4/c1-20-7-9-22(10-8-20)28-26(32)30-25(21-5-3-2-4-6-21)19-35-27(30)15-17-29(18-16-27)23-11-13-24(14-12-23)31(33)34/h2-14,25H,15-19H2,1H3,(H,28,32)/t25-/m1/s1. The Balaban J connectivity index is 1.38. The van der Waals surface area contributed by atoms with Crippen LogP contribution in [0.1, 0.15) is 30.0 Å². The first kappa shape index (κ1) is 22.9. The van der Waals surface area contributed by atoms with Crippen molar-refractivity contribution in [3.8, 4) is 0 Å². The van der Waals surface area contributed by atoms with Crippen molar-refractivity contribution in [1.29, 1.82) is 0 Å². The number of urea groups is 1. The molecule has 0 aliphatic carbocycles. The van der Waals surface area contributed by atoms with Gasteiger partial charge in [0.2, 0.25) is 0 Å². The number of nitro benzene ring substituents is 1. The van der Waals surface area contributed by atoms with Crippen LogP contribution in [0.15, 0.2) is 78.9 Å². The number of hydrogen-bond acceptors (Lipinski definition) is 5. The lowest BCUT2D eigenvalue weighted by molar-refractivity contribution is -0.384. The van der Waals surface area contributed by atoms with E-state index in [9.17, 15) is 14.9 Å². The fourth-order valence-electron chi connectivity index (χ4n) is 5.01. The second-order valence-corrected chi connectivity index (χ2v) is 9.11. The number of benzene rings is 3. The minimum atomic E-state index is -0.716. The molecule has 5 rings (SSSR count). The van der Waals surface area contributed by atoms with Crippen molar-refractivity contribution < 1.29 is 14.5 Å². The van der Waals surface area contributed by atoms with E-state index >= 15 is 0 Å². The minimum absolute atomic E-state index is 0.0750. The van der Waals surface area contributed by atoms with Gasteiger partial charge in [0.05, 0.1) is 17.6 Å². The third-order valence-corrected chi connectivity index (χ3v) is 6.94. The number of hydrogen-bond donors (Lipinski definition) is 1. The van der Waals surface area contributed by atoms with Crippen LogP contribution in [0.2, 0.25) is 0 Å². The van der Waals surface area contributed by atoms with Crippen LogP contribution < -0.4 is 10.2 Å². The molecule has 0 radical (unpaired) electrons. The summed E-state index contributed by atoms with van der Waals surface area (Å²) in [4.78, 5) is 28.3. The molecular weight excluding hydrogens is 444 g/mol. The molecular formula is C27H28N4O4. The van der Waals surface area contributed by atoms with E-state index in [4.69, 9.17) is 4.74 Å². The number of rotatable bonds is 4. The molecule has 3 aromatic rings. The largest absolute Gasteiger partial charge is 0.371 e. The highest BCUT2D eigenvalue weighted by molar-refractivity contribution is 5.90. The molecule has 1 N–H and O–H groups in total. The maximum Gasteiger partial charge on any atom is 0.324 e. The van der Waals surface area contributed by atoms with Gasteiger partial charge in [-0.25, -0.2) is 4.79 Å². The van der Waals surface area contributed by atoms with E-state index in [2.05, 4.69) is 10.2 Å². The van der Waals surface area contributed by atoms with Crippen molar-refractivity contribution >= 4 is 23.1 Å². The first-order valence-electron chi connectivity index (χ1n) is 11.8. The summed E-state index contributed by atoms with van der Waals surface area (Å²) in [5.41, 5.74) is 3.21. The number of carbonyl (C=O) groups is 1. The number of amides is 2. The van der Waals surface area contributed by atoms with Crippen LogP contribution in [0.4, 0.5) is 21.9 Å².